The Morgan fingerprint density at radius 1 is 1.44 bits per heavy atom. The van der Waals surface area contributed by atoms with Crippen LogP contribution in [0.5, 0.6) is 5.75 Å². The Balaban J connectivity index is 2.16. The minimum Gasteiger partial charge on any atom is -0.486 e. The van der Waals surface area contributed by atoms with Crippen molar-refractivity contribution in [2.24, 2.45) is 7.05 Å². The lowest BCUT2D eigenvalue weighted by atomic mass is 10.2. The Morgan fingerprint density at radius 3 is 2.83 bits per heavy atom. The Bertz CT molecular complexity index is 613. The summed E-state index contributed by atoms with van der Waals surface area (Å²) in [6.45, 7) is 2.33. The molecular formula is C13H12BrN3O. The molecule has 2 rings (SSSR count). The average molecular weight is 306 g/mol. The van der Waals surface area contributed by atoms with E-state index in [4.69, 9.17) is 10.00 Å². The van der Waals surface area contributed by atoms with Crippen molar-refractivity contribution in [2.45, 2.75) is 13.5 Å². The van der Waals surface area contributed by atoms with E-state index in [-0.39, 0.29) is 0 Å². The Hall–Kier alpha value is -1.80. The molecule has 0 saturated heterocycles. The van der Waals surface area contributed by atoms with Gasteiger partial charge in [-0.25, -0.2) is 0 Å². The molecule has 0 aliphatic rings. The molecule has 0 saturated carbocycles. The first-order chi connectivity index (χ1) is 8.60. The first-order valence-corrected chi connectivity index (χ1v) is 6.21. The van der Waals surface area contributed by atoms with Crippen molar-refractivity contribution >= 4 is 15.9 Å². The summed E-state index contributed by atoms with van der Waals surface area (Å²) in [5.41, 5.74) is 2.44. The van der Waals surface area contributed by atoms with Gasteiger partial charge in [0, 0.05) is 11.5 Å². The maximum Gasteiger partial charge on any atom is 0.137 e. The average Bonchev–Trinajstić information content (AvgIpc) is 2.66. The molecule has 92 valence electrons. The number of aromatic nitrogens is 2. The number of nitrogens with zero attached hydrogens (tertiary/aromatic N) is 3. The van der Waals surface area contributed by atoms with E-state index >= 15 is 0 Å². The second-order valence-electron chi connectivity index (χ2n) is 3.94. The van der Waals surface area contributed by atoms with Gasteiger partial charge in [-0.05, 0) is 31.2 Å². The number of nitriles is 1. The van der Waals surface area contributed by atoms with Crippen LogP contribution >= 0.6 is 15.9 Å². The van der Waals surface area contributed by atoms with Crippen LogP contribution in [-0.2, 0) is 13.7 Å². The Morgan fingerprint density at radius 2 is 2.22 bits per heavy atom. The van der Waals surface area contributed by atoms with E-state index in [1.165, 1.54) is 0 Å². The molecule has 0 unspecified atom stereocenters. The summed E-state index contributed by atoms with van der Waals surface area (Å²) >= 11 is 3.33. The van der Waals surface area contributed by atoms with Crippen LogP contribution in [0.15, 0.2) is 28.7 Å². The Labute approximate surface area is 114 Å². The third-order valence-electron chi connectivity index (χ3n) is 2.54. The van der Waals surface area contributed by atoms with Gasteiger partial charge in [-0.1, -0.05) is 15.9 Å². The highest BCUT2D eigenvalue weighted by Crippen LogP contribution is 2.23. The van der Waals surface area contributed by atoms with Crippen LogP contribution in [0.4, 0.5) is 0 Å². The maximum absolute atomic E-state index is 9.03. The standard InChI is InChI=1S/C13H12BrN3O/c1-9-5-12(17(2)16-9)8-18-13-4-3-11(14)6-10(13)7-15/h3-6H,8H2,1-2H3. The molecule has 0 amide bonds. The number of ether oxygens (including phenoxy) is 1. The van der Waals surface area contributed by atoms with E-state index in [1.54, 1.807) is 16.8 Å². The normalized spacial score (nSPS) is 10.1. The lowest BCUT2D eigenvalue weighted by molar-refractivity contribution is 0.294. The monoisotopic (exact) mass is 305 g/mol. The fourth-order valence-corrected chi connectivity index (χ4v) is 2.03. The molecule has 0 aliphatic carbocycles. The van der Waals surface area contributed by atoms with Gasteiger partial charge in [0.05, 0.1) is 17.0 Å². The van der Waals surface area contributed by atoms with Gasteiger partial charge in [-0.2, -0.15) is 10.4 Å². The van der Waals surface area contributed by atoms with Crippen LogP contribution in [0, 0.1) is 18.3 Å². The van der Waals surface area contributed by atoms with Gasteiger partial charge in [0.2, 0.25) is 0 Å². The molecule has 0 radical (unpaired) electrons. The fourth-order valence-electron chi connectivity index (χ4n) is 1.67. The van der Waals surface area contributed by atoms with Gasteiger partial charge in [-0.15, -0.1) is 0 Å². The quantitative estimate of drug-likeness (QED) is 0.876. The lowest BCUT2D eigenvalue weighted by Gasteiger charge is -2.08. The highest BCUT2D eigenvalue weighted by atomic mass is 79.9. The topological polar surface area (TPSA) is 50.8 Å². The molecule has 1 aromatic heterocycles. The molecule has 1 aromatic carbocycles. The van der Waals surface area contributed by atoms with Crippen LogP contribution in [0.3, 0.4) is 0 Å². The van der Waals surface area contributed by atoms with Crippen LogP contribution in [0.1, 0.15) is 17.0 Å². The van der Waals surface area contributed by atoms with Gasteiger partial charge < -0.3 is 4.74 Å². The molecule has 0 N–H and O–H groups in total. The predicted octanol–water partition coefficient (Wildman–Crippen LogP) is 2.94. The van der Waals surface area contributed by atoms with Crippen molar-refractivity contribution in [3.63, 3.8) is 0 Å². The van der Waals surface area contributed by atoms with E-state index in [0.717, 1.165) is 15.9 Å². The van der Waals surface area contributed by atoms with E-state index in [1.807, 2.05) is 26.1 Å². The zero-order valence-electron chi connectivity index (χ0n) is 10.1. The fraction of sp³-hybridized carbons (Fsp3) is 0.231. The van der Waals surface area contributed by atoms with E-state index < -0.39 is 0 Å². The minimum absolute atomic E-state index is 0.396. The van der Waals surface area contributed by atoms with Crippen molar-refractivity contribution in [1.82, 2.24) is 9.78 Å². The van der Waals surface area contributed by atoms with E-state index in [9.17, 15) is 0 Å². The van der Waals surface area contributed by atoms with Gasteiger partial charge in [0.25, 0.3) is 0 Å². The number of benzene rings is 1. The third-order valence-corrected chi connectivity index (χ3v) is 3.03. The van der Waals surface area contributed by atoms with E-state index in [0.29, 0.717) is 17.9 Å². The SMILES string of the molecule is Cc1cc(COc2ccc(Br)cc2C#N)n(C)n1. The molecule has 0 fully saturated rings. The molecule has 4 nitrogen and oxygen atoms in total. The molecule has 0 aliphatic heterocycles. The zero-order valence-corrected chi connectivity index (χ0v) is 11.7. The summed E-state index contributed by atoms with van der Waals surface area (Å²) in [5.74, 6) is 0.583. The Kier molecular flexibility index (Phi) is 3.68. The first kappa shape index (κ1) is 12.7. The number of hydrogen-bond donors (Lipinski definition) is 0. The zero-order chi connectivity index (χ0) is 13.1. The first-order valence-electron chi connectivity index (χ1n) is 5.42. The van der Waals surface area contributed by atoms with Crippen LogP contribution < -0.4 is 4.74 Å². The number of hydrogen-bond acceptors (Lipinski definition) is 3. The molecule has 0 atom stereocenters. The summed E-state index contributed by atoms with van der Waals surface area (Å²) in [6, 6.07) is 9.45. The highest BCUT2D eigenvalue weighted by molar-refractivity contribution is 9.10. The molecule has 2 aromatic rings. The summed E-state index contributed by atoms with van der Waals surface area (Å²) in [6.07, 6.45) is 0. The summed E-state index contributed by atoms with van der Waals surface area (Å²) in [7, 11) is 1.87. The lowest BCUT2D eigenvalue weighted by Crippen LogP contribution is -2.03. The van der Waals surface area contributed by atoms with Gasteiger partial charge >= 0.3 is 0 Å². The second-order valence-corrected chi connectivity index (χ2v) is 4.86. The van der Waals surface area contributed by atoms with Crippen molar-refractivity contribution in [1.29, 1.82) is 5.26 Å². The van der Waals surface area contributed by atoms with Gasteiger partial charge in [-0.3, -0.25) is 4.68 Å². The number of halogens is 1. The summed E-state index contributed by atoms with van der Waals surface area (Å²) < 4.78 is 8.30. The summed E-state index contributed by atoms with van der Waals surface area (Å²) in [5, 5.41) is 13.3. The van der Waals surface area contributed by atoms with E-state index in [2.05, 4.69) is 27.1 Å². The van der Waals surface area contributed by atoms with Gasteiger partial charge in [0.1, 0.15) is 18.4 Å². The summed E-state index contributed by atoms with van der Waals surface area (Å²) in [4.78, 5) is 0. The highest BCUT2D eigenvalue weighted by Gasteiger charge is 2.07. The van der Waals surface area contributed by atoms with Crippen LogP contribution in [0.2, 0.25) is 0 Å². The molecule has 5 heteroatoms. The largest absolute Gasteiger partial charge is 0.486 e. The number of aryl methyl sites for hydroxylation is 2. The predicted molar refractivity (Wildman–Crippen MR) is 71.1 cm³/mol. The van der Waals surface area contributed by atoms with Crippen molar-refractivity contribution in [3.05, 3.63) is 45.7 Å². The molecule has 1 heterocycles. The van der Waals surface area contributed by atoms with Crippen LogP contribution in [-0.4, -0.2) is 9.78 Å². The molecular weight excluding hydrogens is 294 g/mol. The molecule has 18 heavy (non-hydrogen) atoms. The number of rotatable bonds is 3. The third kappa shape index (κ3) is 2.71. The molecule has 0 spiro atoms. The van der Waals surface area contributed by atoms with Crippen molar-refractivity contribution in [3.8, 4) is 11.8 Å². The van der Waals surface area contributed by atoms with Crippen molar-refractivity contribution < 1.29 is 4.74 Å². The second kappa shape index (κ2) is 5.23. The van der Waals surface area contributed by atoms with Gasteiger partial charge in [0.15, 0.2) is 0 Å². The molecule has 0 bridgehead atoms. The van der Waals surface area contributed by atoms with Crippen LogP contribution in [0.25, 0.3) is 0 Å². The smallest absolute Gasteiger partial charge is 0.137 e. The minimum atomic E-state index is 0.396. The maximum atomic E-state index is 9.03. The van der Waals surface area contributed by atoms with Crippen molar-refractivity contribution in [2.75, 3.05) is 0 Å².